The third kappa shape index (κ3) is 4.79. The molecule has 39 heavy (non-hydrogen) atoms. The first-order valence-electron chi connectivity index (χ1n) is 12.3. The Balaban J connectivity index is 1.72. The Hall–Kier alpha value is -4.44. The van der Waals surface area contributed by atoms with Gasteiger partial charge < -0.3 is 19.3 Å². The summed E-state index contributed by atoms with van der Waals surface area (Å²) in [5.41, 5.74) is 1.16. The van der Waals surface area contributed by atoms with Crippen LogP contribution in [0.1, 0.15) is 31.0 Å². The molecule has 0 saturated carbocycles. The van der Waals surface area contributed by atoms with E-state index in [2.05, 4.69) is 4.98 Å². The summed E-state index contributed by atoms with van der Waals surface area (Å²) in [6, 6.07) is 14.7. The summed E-state index contributed by atoms with van der Waals surface area (Å²) in [7, 11) is 1.49. The van der Waals surface area contributed by atoms with Crippen molar-refractivity contribution in [2.24, 2.45) is 0 Å². The summed E-state index contributed by atoms with van der Waals surface area (Å²) < 4.78 is 31.1. The van der Waals surface area contributed by atoms with Crippen LogP contribution in [0.4, 0.5) is 9.52 Å². The van der Waals surface area contributed by atoms with Crippen LogP contribution in [-0.2, 0) is 9.59 Å². The number of anilines is 1. The van der Waals surface area contributed by atoms with Crippen molar-refractivity contribution in [3.63, 3.8) is 0 Å². The number of halogens is 1. The average molecular weight is 549 g/mol. The van der Waals surface area contributed by atoms with Gasteiger partial charge in [0.2, 0.25) is 0 Å². The Labute approximate surface area is 227 Å². The summed E-state index contributed by atoms with van der Waals surface area (Å²) in [5.74, 6) is -1.16. The number of carbonyl (C=O) groups is 2. The number of benzene rings is 3. The number of methoxy groups -OCH3 is 1. The van der Waals surface area contributed by atoms with Gasteiger partial charge in [0.05, 0.1) is 42.2 Å². The molecule has 4 aromatic rings. The molecule has 2 heterocycles. The van der Waals surface area contributed by atoms with Crippen molar-refractivity contribution in [1.82, 2.24) is 4.98 Å². The Morgan fingerprint density at radius 3 is 2.56 bits per heavy atom. The SMILES string of the molecule is CCOc1cccc(C(O)=C2C(=O)C(=O)N(c3nc4ccc(F)cc4s3)C2c2ccc(OCC)c(OC)c2)c1. The molecular weight excluding hydrogens is 523 g/mol. The van der Waals surface area contributed by atoms with Gasteiger partial charge in [0, 0.05) is 5.56 Å². The zero-order valence-electron chi connectivity index (χ0n) is 21.4. The molecule has 1 N–H and O–H groups in total. The number of nitrogens with zero attached hydrogens (tertiary/aromatic N) is 2. The van der Waals surface area contributed by atoms with Gasteiger partial charge in [0.25, 0.3) is 5.78 Å². The van der Waals surface area contributed by atoms with Crippen LogP contribution in [-0.4, -0.2) is 42.1 Å². The first kappa shape index (κ1) is 26.2. The number of hydrogen-bond donors (Lipinski definition) is 1. The highest BCUT2D eigenvalue weighted by Crippen LogP contribution is 2.46. The van der Waals surface area contributed by atoms with Crippen LogP contribution < -0.4 is 19.1 Å². The van der Waals surface area contributed by atoms with Gasteiger partial charge in [-0.1, -0.05) is 29.5 Å². The molecule has 1 aliphatic heterocycles. The van der Waals surface area contributed by atoms with Gasteiger partial charge in [0.1, 0.15) is 17.3 Å². The zero-order chi connectivity index (χ0) is 27.7. The Morgan fingerprint density at radius 1 is 1.03 bits per heavy atom. The number of aliphatic hydroxyl groups excluding tert-OH is 1. The van der Waals surface area contributed by atoms with Crippen molar-refractivity contribution < 1.29 is 33.3 Å². The number of rotatable bonds is 8. The second kappa shape index (κ2) is 10.7. The molecule has 1 atom stereocenters. The van der Waals surface area contributed by atoms with Gasteiger partial charge in [-0.15, -0.1) is 0 Å². The minimum atomic E-state index is -1.05. The van der Waals surface area contributed by atoms with Crippen molar-refractivity contribution in [3.8, 4) is 17.2 Å². The molecule has 0 bridgehead atoms. The lowest BCUT2D eigenvalue weighted by Crippen LogP contribution is -2.29. The maximum atomic E-state index is 13.9. The largest absolute Gasteiger partial charge is 0.507 e. The third-order valence-corrected chi connectivity index (χ3v) is 7.23. The van der Waals surface area contributed by atoms with E-state index in [9.17, 15) is 19.1 Å². The van der Waals surface area contributed by atoms with Crippen LogP contribution in [0.2, 0.25) is 0 Å². The number of fused-ring (bicyclic) bond motifs is 1. The summed E-state index contributed by atoms with van der Waals surface area (Å²) in [6.45, 7) is 4.50. The Morgan fingerprint density at radius 2 is 1.82 bits per heavy atom. The second-order valence-electron chi connectivity index (χ2n) is 8.58. The second-order valence-corrected chi connectivity index (χ2v) is 9.59. The fourth-order valence-corrected chi connectivity index (χ4v) is 5.54. The molecule has 1 aliphatic rings. The lowest BCUT2D eigenvalue weighted by atomic mass is 9.95. The highest BCUT2D eigenvalue weighted by Gasteiger charge is 2.48. The first-order valence-corrected chi connectivity index (χ1v) is 13.1. The normalized spacial score (nSPS) is 16.6. The molecule has 1 saturated heterocycles. The van der Waals surface area contributed by atoms with Crippen LogP contribution in [0.25, 0.3) is 16.0 Å². The van der Waals surface area contributed by atoms with Crippen LogP contribution in [0.5, 0.6) is 17.2 Å². The van der Waals surface area contributed by atoms with Gasteiger partial charge >= 0.3 is 5.91 Å². The maximum Gasteiger partial charge on any atom is 0.301 e. The molecule has 0 aliphatic carbocycles. The minimum Gasteiger partial charge on any atom is -0.507 e. The number of aromatic nitrogens is 1. The quantitative estimate of drug-likeness (QED) is 0.167. The molecule has 3 aromatic carbocycles. The molecule has 1 fully saturated rings. The van der Waals surface area contributed by atoms with Crippen molar-refractivity contribution in [3.05, 3.63) is 83.2 Å². The number of ether oxygens (including phenoxy) is 3. The van der Waals surface area contributed by atoms with E-state index >= 15 is 0 Å². The summed E-state index contributed by atoms with van der Waals surface area (Å²) >= 11 is 1.07. The Kier molecular flexibility index (Phi) is 7.21. The zero-order valence-corrected chi connectivity index (χ0v) is 22.3. The van der Waals surface area contributed by atoms with Crippen LogP contribution >= 0.6 is 11.3 Å². The first-order chi connectivity index (χ1) is 18.9. The number of amides is 1. The fraction of sp³-hybridized carbons (Fsp3) is 0.207. The maximum absolute atomic E-state index is 13.9. The van der Waals surface area contributed by atoms with Crippen molar-refractivity contribution in [2.45, 2.75) is 19.9 Å². The van der Waals surface area contributed by atoms with E-state index in [0.717, 1.165) is 11.3 Å². The number of carbonyl (C=O) groups excluding carboxylic acids is 2. The minimum absolute atomic E-state index is 0.120. The van der Waals surface area contributed by atoms with E-state index in [0.29, 0.717) is 51.8 Å². The third-order valence-electron chi connectivity index (χ3n) is 6.21. The van der Waals surface area contributed by atoms with E-state index in [1.54, 1.807) is 42.5 Å². The molecule has 8 nitrogen and oxygen atoms in total. The van der Waals surface area contributed by atoms with E-state index in [-0.39, 0.29) is 16.5 Å². The van der Waals surface area contributed by atoms with Crippen LogP contribution in [0.15, 0.2) is 66.2 Å². The fourth-order valence-electron chi connectivity index (χ4n) is 4.52. The standard InChI is InChI=1S/C29H25FN2O6S/c1-4-37-19-8-6-7-17(13-19)26(33)24-25(16-9-12-21(38-5-2)22(14-16)36-3)32(28(35)27(24)34)29-31-20-11-10-18(30)15-23(20)39-29/h6-15,25,33H,4-5H2,1-3H3. The van der Waals surface area contributed by atoms with E-state index in [4.69, 9.17) is 14.2 Å². The number of thiazole rings is 1. The monoisotopic (exact) mass is 548 g/mol. The number of hydrogen-bond acceptors (Lipinski definition) is 8. The number of aliphatic hydroxyl groups is 1. The van der Waals surface area contributed by atoms with E-state index < -0.39 is 23.5 Å². The molecule has 0 radical (unpaired) electrons. The number of Topliss-reactive ketones (excluding diaryl/α,β-unsaturated/α-hetero) is 1. The average Bonchev–Trinajstić information content (AvgIpc) is 3.46. The number of ketones is 1. The highest BCUT2D eigenvalue weighted by molar-refractivity contribution is 7.22. The summed E-state index contributed by atoms with van der Waals surface area (Å²) in [4.78, 5) is 32.8. The molecule has 10 heteroatoms. The lowest BCUT2D eigenvalue weighted by Gasteiger charge is -2.24. The van der Waals surface area contributed by atoms with Crippen LogP contribution in [0, 0.1) is 5.82 Å². The topological polar surface area (TPSA) is 98.2 Å². The van der Waals surface area contributed by atoms with E-state index in [1.165, 1.54) is 30.2 Å². The predicted molar refractivity (Wildman–Crippen MR) is 146 cm³/mol. The van der Waals surface area contributed by atoms with Crippen LogP contribution in [0.3, 0.4) is 0 Å². The molecule has 1 aromatic heterocycles. The van der Waals surface area contributed by atoms with Crippen molar-refractivity contribution >= 4 is 44.1 Å². The van der Waals surface area contributed by atoms with Gasteiger partial charge in [-0.05, 0) is 61.9 Å². The predicted octanol–water partition coefficient (Wildman–Crippen LogP) is 5.87. The molecule has 0 spiro atoms. The van der Waals surface area contributed by atoms with Gasteiger partial charge in [-0.3, -0.25) is 14.5 Å². The van der Waals surface area contributed by atoms with Gasteiger partial charge in [-0.2, -0.15) is 0 Å². The van der Waals surface area contributed by atoms with Crippen molar-refractivity contribution in [2.75, 3.05) is 25.2 Å². The van der Waals surface area contributed by atoms with Gasteiger partial charge in [-0.25, -0.2) is 9.37 Å². The molecule has 200 valence electrons. The molecule has 5 rings (SSSR count). The molecular formula is C29H25FN2O6S. The summed E-state index contributed by atoms with van der Waals surface area (Å²) in [5, 5.41) is 11.6. The Bertz CT molecular complexity index is 1610. The smallest absolute Gasteiger partial charge is 0.301 e. The highest BCUT2D eigenvalue weighted by atomic mass is 32.1. The molecule has 1 unspecified atom stereocenters. The van der Waals surface area contributed by atoms with E-state index in [1.807, 2.05) is 13.8 Å². The van der Waals surface area contributed by atoms with Gasteiger partial charge in [0.15, 0.2) is 16.6 Å². The van der Waals surface area contributed by atoms with Crippen molar-refractivity contribution in [1.29, 1.82) is 0 Å². The summed E-state index contributed by atoms with van der Waals surface area (Å²) in [6.07, 6.45) is 0. The molecule has 1 amide bonds. The lowest BCUT2D eigenvalue weighted by molar-refractivity contribution is -0.132.